The molecule has 0 fully saturated rings. The summed E-state index contributed by atoms with van der Waals surface area (Å²) in [6.45, 7) is 2.51. The van der Waals surface area contributed by atoms with Gasteiger partial charge >= 0.3 is 0 Å². The molecule has 1 aromatic heterocycles. The summed E-state index contributed by atoms with van der Waals surface area (Å²) in [5.41, 5.74) is 4.06. The van der Waals surface area contributed by atoms with Crippen molar-refractivity contribution >= 4 is 17.7 Å². The summed E-state index contributed by atoms with van der Waals surface area (Å²) in [7, 11) is 0. The van der Waals surface area contributed by atoms with Crippen molar-refractivity contribution in [1.29, 1.82) is 0 Å². The van der Waals surface area contributed by atoms with Crippen LogP contribution in [0.3, 0.4) is 0 Å². The second kappa shape index (κ2) is 9.97. The van der Waals surface area contributed by atoms with Crippen molar-refractivity contribution in [1.82, 2.24) is 4.98 Å². The normalized spacial score (nSPS) is 10.7. The van der Waals surface area contributed by atoms with Crippen LogP contribution in [0.1, 0.15) is 18.1 Å². The molecule has 3 rings (SSSR count). The van der Waals surface area contributed by atoms with Gasteiger partial charge in [0.15, 0.2) is 11.5 Å². The van der Waals surface area contributed by atoms with Crippen molar-refractivity contribution in [3.05, 3.63) is 87.9 Å². The van der Waals surface area contributed by atoms with E-state index in [9.17, 15) is 14.5 Å². The highest BCUT2D eigenvalue weighted by molar-refractivity contribution is 5.81. The first-order valence-corrected chi connectivity index (χ1v) is 9.09. The predicted molar refractivity (Wildman–Crippen MR) is 110 cm³/mol. The van der Waals surface area contributed by atoms with Gasteiger partial charge in [-0.1, -0.05) is 12.1 Å². The largest absolute Gasteiger partial charge is 0.490 e. The number of anilines is 1. The molecule has 0 bridgehead atoms. The van der Waals surface area contributed by atoms with Crippen LogP contribution in [0.25, 0.3) is 0 Å². The van der Waals surface area contributed by atoms with Crippen LogP contribution >= 0.6 is 0 Å². The molecule has 0 atom stereocenters. The fourth-order valence-electron chi connectivity index (χ4n) is 2.51. The monoisotopic (exact) mass is 410 g/mol. The van der Waals surface area contributed by atoms with Crippen LogP contribution in [0.4, 0.5) is 15.9 Å². The highest BCUT2D eigenvalue weighted by Gasteiger charge is 2.07. The predicted octanol–water partition coefficient (Wildman–Crippen LogP) is 4.55. The average Bonchev–Trinajstić information content (AvgIpc) is 2.74. The van der Waals surface area contributed by atoms with E-state index in [4.69, 9.17) is 9.47 Å². The van der Waals surface area contributed by atoms with E-state index in [-0.39, 0.29) is 18.1 Å². The van der Waals surface area contributed by atoms with Crippen molar-refractivity contribution < 1.29 is 18.8 Å². The average molecular weight is 410 g/mol. The number of benzene rings is 2. The molecule has 2 aromatic carbocycles. The summed E-state index contributed by atoms with van der Waals surface area (Å²) in [5.74, 6) is 1.12. The minimum absolute atomic E-state index is 0.0975. The van der Waals surface area contributed by atoms with Crippen LogP contribution in [0.5, 0.6) is 11.5 Å². The van der Waals surface area contributed by atoms with E-state index in [1.165, 1.54) is 24.3 Å². The third kappa shape index (κ3) is 5.74. The Balaban J connectivity index is 1.66. The summed E-state index contributed by atoms with van der Waals surface area (Å²) in [6.07, 6.45) is 2.71. The molecule has 0 radical (unpaired) electrons. The zero-order chi connectivity index (χ0) is 21.3. The summed E-state index contributed by atoms with van der Waals surface area (Å²) >= 11 is 0. The molecule has 154 valence electrons. The maximum Gasteiger partial charge on any atom is 0.287 e. The quantitative estimate of drug-likeness (QED) is 0.316. The van der Waals surface area contributed by atoms with E-state index in [2.05, 4.69) is 15.5 Å². The number of halogens is 1. The number of aromatic nitrogens is 1. The molecular weight excluding hydrogens is 391 g/mol. The first-order valence-electron chi connectivity index (χ1n) is 9.09. The lowest BCUT2D eigenvalue weighted by Gasteiger charge is -2.12. The first kappa shape index (κ1) is 20.7. The van der Waals surface area contributed by atoms with Gasteiger partial charge in [0.2, 0.25) is 0 Å². The van der Waals surface area contributed by atoms with Gasteiger partial charge in [-0.25, -0.2) is 9.37 Å². The minimum Gasteiger partial charge on any atom is -0.490 e. The summed E-state index contributed by atoms with van der Waals surface area (Å²) in [5, 5.41) is 14.7. The molecule has 0 aliphatic heterocycles. The first-order chi connectivity index (χ1) is 14.5. The van der Waals surface area contributed by atoms with Crippen molar-refractivity contribution in [2.45, 2.75) is 13.5 Å². The number of nitrogens with one attached hydrogen (secondary N) is 1. The van der Waals surface area contributed by atoms with Crippen LogP contribution in [0.2, 0.25) is 0 Å². The third-order valence-electron chi connectivity index (χ3n) is 3.90. The lowest BCUT2D eigenvalue weighted by Crippen LogP contribution is -2.01. The molecule has 0 saturated heterocycles. The SMILES string of the molecule is CCOc1cc(/C=N/Nc2ccc([N+](=O)[O-])cn2)ccc1OCc1cccc(F)c1. The summed E-state index contributed by atoms with van der Waals surface area (Å²) in [4.78, 5) is 14.0. The van der Waals surface area contributed by atoms with Gasteiger partial charge in [-0.2, -0.15) is 5.10 Å². The van der Waals surface area contributed by atoms with Crippen LogP contribution in [0.15, 0.2) is 65.9 Å². The third-order valence-corrected chi connectivity index (χ3v) is 3.90. The molecule has 0 saturated carbocycles. The fraction of sp³-hybridized carbons (Fsp3) is 0.143. The number of ether oxygens (including phenoxy) is 2. The molecule has 0 amide bonds. The zero-order valence-corrected chi connectivity index (χ0v) is 16.1. The molecule has 8 nitrogen and oxygen atoms in total. The number of hydrogen-bond acceptors (Lipinski definition) is 7. The van der Waals surface area contributed by atoms with E-state index in [1.54, 1.807) is 36.5 Å². The van der Waals surface area contributed by atoms with Crippen LogP contribution in [0, 0.1) is 15.9 Å². The topological polar surface area (TPSA) is 98.9 Å². The number of nitrogens with zero attached hydrogens (tertiary/aromatic N) is 3. The van der Waals surface area contributed by atoms with Gasteiger partial charge in [0.05, 0.1) is 17.7 Å². The highest BCUT2D eigenvalue weighted by atomic mass is 19.1. The van der Waals surface area contributed by atoms with Crippen LogP contribution < -0.4 is 14.9 Å². The number of hydrazone groups is 1. The van der Waals surface area contributed by atoms with Gasteiger partial charge in [-0.05, 0) is 54.4 Å². The summed E-state index contributed by atoms with van der Waals surface area (Å²) in [6, 6.07) is 14.3. The van der Waals surface area contributed by atoms with Gasteiger partial charge in [-0.15, -0.1) is 0 Å². The number of pyridine rings is 1. The fourth-order valence-corrected chi connectivity index (χ4v) is 2.51. The standard InChI is InChI=1S/C21H19FN4O4/c1-2-29-20-11-15(12-24-25-21-9-7-18(13-23-21)26(27)28)6-8-19(20)30-14-16-4-3-5-17(22)10-16/h3-13H,2,14H2,1H3,(H,23,25)/b24-12+. The van der Waals surface area contributed by atoms with Crippen molar-refractivity contribution in [2.24, 2.45) is 5.10 Å². The van der Waals surface area contributed by atoms with Gasteiger partial charge in [0, 0.05) is 6.07 Å². The Bertz CT molecular complexity index is 1040. The maximum absolute atomic E-state index is 13.3. The summed E-state index contributed by atoms with van der Waals surface area (Å²) < 4.78 is 24.7. The van der Waals surface area contributed by atoms with E-state index in [0.717, 1.165) is 11.8 Å². The van der Waals surface area contributed by atoms with Gasteiger partial charge in [0.25, 0.3) is 5.69 Å². The lowest BCUT2D eigenvalue weighted by molar-refractivity contribution is -0.385. The number of rotatable bonds is 9. The van der Waals surface area contributed by atoms with Gasteiger partial charge in [-0.3, -0.25) is 15.5 Å². The Morgan fingerprint density at radius 2 is 2.03 bits per heavy atom. The Hall–Kier alpha value is -4.01. The smallest absolute Gasteiger partial charge is 0.287 e. The molecule has 1 heterocycles. The molecule has 30 heavy (non-hydrogen) atoms. The molecular formula is C21H19FN4O4. The Labute approximate surface area is 172 Å². The number of hydrogen-bond donors (Lipinski definition) is 1. The highest BCUT2D eigenvalue weighted by Crippen LogP contribution is 2.29. The maximum atomic E-state index is 13.3. The molecule has 3 aromatic rings. The second-order valence-electron chi connectivity index (χ2n) is 6.09. The molecule has 0 spiro atoms. The molecule has 9 heteroatoms. The molecule has 0 aliphatic carbocycles. The second-order valence-corrected chi connectivity index (χ2v) is 6.09. The van der Waals surface area contributed by atoms with E-state index < -0.39 is 4.92 Å². The van der Waals surface area contributed by atoms with Crippen molar-refractivity contribution in [3.63, 3.8) is 0 Å². The number of nitro groups is 1. The van der Waals surface area contributed by atoms with Crippen molar-refractivity contribution in [2.75, 3.05) is 12.0 Å². The van der Waals surface area contributed by atoms with E-state index in [0.29, 0.717) is 29.5 Å². The van der Waals surface area contributed by atoms with Crippen molar-refractivity contribution in [3.8, 4) is 11.5 Å². The van der Waals surface area contributed by atoms with Gasteiger partial charge in [0.1, 0.15) is 24.4 Å². The minimum atomic E-state index is -0.521. The van der Waals surface area contributed by atoms with E-state index in [1.807, 2.05) is 6.92 Å². The van der Waals surface area contributed by atoms with E-state index >= 15 is 0 Å². The van der Waals surface area contributed by atoms with Crippen LogP contribution in [-0.2, 0) is 6.61 Å². The van der Waals surface area contributed by atoms with Gasteiger partial charge < -0.3 is 9.47 Å². The zero-order valence-electron chi connectivity index (χ0n) is 16.1. The molecule has 1 N–H and O–H groups in total. The molecule has 0 aliphatic rings. The Morgan fingerprint density at radius 3 is 2.73 bits per heavy atom. The molecule has 0 unspecified atom stereocenters. The lowest BCUT2D eigenvalue weighted by atomic mass is 10.2. The Kier molecular flexibility index (Phi) is 6.88. The Morgan fingerprint density at radius 1 is 1.17 bits per heavy atom. The van der Waals surface area contributed by atoms with Crippen LogP contribution in [-0.4, -0.2) is 22.7 Å².